The van der Waals surface area contributed by atoms with E-state index in [9.17, 15) is 0 Å². The molecule has 0 spiro atoms. The van der Waals surface area contributed by atoms with E-state index in [0.29, 0.717) is 24.9 Å². The molecular weight excluding hydrogens is 380 g/mol. The van der Waals surface area contributed by atoms with Crippen LogP contribution >= 0.6 is 0 Å². The van der Waals surface area contributed by atoms with Crippen LogP contribution in [0.5, 0.6) is 5.75 Å². The van der Waals surface area contributed by atoms with E-state index in [0.717, 1.165) is 34.6 Å². The minimum absolute atomic E-state index is 0.529. The highest BCUT2D eigenvalue weighted by atomic mass is 16.5. The van der Waals surface area contributed by atoms with Crippen molar-refractivity contribution < 1.29 is 9.47 Å². The van der Waals surface area contributed by atoms with E-state index >= 15 is 0 Å². The SMILES string of the molecule is COCCCNc1nc(Nc2cccc(OC)c2)c2cnn(-c3ccccc3)c2n1. The van der Waals surface area contributed by atoms with Crippen LogP contribution in [-0.2, 0) is 4.74 Å². The Labute approximate surface area is 174 Å². The number of rotatable bonds is 9. The minimum atomic E-state index is 0.529. The molecule has 0 aliphatic heterocycles. The van der Waals surface area contributed by atoms with Gasteiger partial charge in [-0.3, -0.25) is 0 Å². The van der Waals surface area contributed by atoms with Crippen LogP contribution in [0.15, 0.2) is 60.8 Å². The van der Waals surface area contributed by atoms with Crippen LogP contribution in [0.1, 0.15) is 6.42 Å². The Morgan fingerprint density at radius 2 is 1.87 bits per heavy atom. The first kappa shape index (κ1) is 19.7. The minimum Gasteiger partial charge on any atom is -0.497 e. The molecule has 2 aromatic heterocycles. The quantitative estimate of drug-likeness (QED) is 0.408. The lowest BCUT2D eigenvalue weighted by Crippen LogP contribution is -2.10. The number of hydrogen-bond donors (Lipinski definition) is 2. The van der Waals surface area contributed by atoms with Crippen molar-refractivity contribution in [1.82, 2.24) is 19.7 Å². The van der Waals surface area contributed by atoms with Gasteiger partial charge in [-0.05, 0) is 30.7 Å². The molecule has 0 atom stereocenters. The Balaban J connectivity index is 1.74. The Morgan fingerprint density at radius 1 is 1.00 bits per heavy atom. The normalized spacial score (nSPS) is 10.9. The highest BCUT2D eigenvalue weighted by Gasteiger charge is 2.14. The largest absolute Gasteiger partial charge is 0.497 e. The maximum Gasteiger partial charge on any atom is 0.226 e. The number of methoxy groups -OCH3 is 2. The summed E-state index contributed by atoms with van der Waals surface area (Å²) in [5.74, 6) is 1.97. The Hall–Kier alpha value is -3.65. The fourth-order valence-corrected chi connectivity index (χ4v) is 3.09. The molecule has 2 N–H and O–H groups in total. The summed E-state index contributed by atoms with van der Waals surface area (Å²) < 4.78 is 12.3. The summed E-state index contributed by atoms with van der Waals surface area (Å²) in [7, 11) is 3.34. The van der Waals surface area contributed by atoms with Crippen LogP contribution in [-0.4, -0.2) is 47.1 Å². The van der Waals surface area contributed by atoms with Crippen molar-refractivity contribution in [2.24, 2.45) is 0 Å². The molecule has 8 nitrogen and oxygen atoms in total. The van der Waals surface area contributed by atoms with Crippen molar-refractivity contribution in [2.45, 2.75) is 6.42 Å². The second kappa shape index (κ2) is 9.23. The molecule has 0 saturated carbocycles. The third-order valence-electron chi connectivity index (χ3n) is 4.57. The van der Waals surface area contributed by atoms with Gasteiger partial charge in [0, 0.05) is 32.0 Å². The number of nitrogens with one attached hydrogen (secondary N) is 2. The molecule has 0 unspecified atom stereocenters. The molecule has 2 heterocycles. The Morgan fingerprint density at radius 3 is 2.67 bits per heavy atom. The second-order valence-electron chi connectivity index (χ2n) is 6.66. The average molecular weight is 404 g/mol. The van der Waals surface area contributed by atoms with Crippen molar-refractivity contribution in [3.05, 3.63) is 60.8 Å². The van der Waals surface area contributed by atoms with E-state index in [1.54, 1.807) is 20.4 Å². The first-order chi connectivity index (χ1) is 14.8. The van der Waals surface area contributed by atoms with Crippen molar-refractivity contribution >= 4 is 28.5 Å². The summed E-state index contributed by atoms with van der Waals surface area (Å²) in [5, 5.41) is 12.0. The molecule has 0 aliphatic carbocycles. The summed E-state index contributed by atoms with van der Waals surface area (Å²) in [6.45, 7) is 1.38. The molecule has 4 aromatic rings. The summed E-state index contributed by atoms with van der Waals surface area (Å²) in [4.78, 5) is 9.41. The number of para-hydroxylation sites is 1. The summed E-state index contributed by atoms with van der Waals surface area (Å²) in [6, 6.07) is 17.6. The van der Waals surface area contributed by atoms with Crippen LogP contribution in [0.2, 0.25) is 0 Å². The van der Waals surface area contributed by atoms with E-state index in [4.69, 9.17) is 14.5 Å². The molecule has 0 amide bonds. The molecule has 8 heteroatoms. The number of aromatic nitrogens is 4. The summed E-state index contributed by atoms with van der Waals surface area (Å²) >= 11 is 0. The molecule has 0 radical (unpaired) electrons. The highest BCUT2D eigenvalue weighted by molar-refractivity contribution is 5.90. The second-order valence-corrected chi connectivity index (χ2v) is 6.66. The van der Waals surface area contributed by atoms with E-state index < -0.39 is 0 Å². The van der Waals surface area contributed by atoms with Crippen molar-refractivity contribution in [2.75, 3.05) is 38.0 Å². The maximum absolute atomic E-state index is 5.33. The number of nitrogens with zero attached hydrogens (tertiary/aromatic N) is 4. The molecule has 0 saturated heterocycles. The average Bonchev–Trinajstić information content (AvgIpc) is 3.22. The predicted octanol–water partition coefficient (Wildman–Crippen LogP) is 4.02. The van der Waals surface area contributed by atoms with E-state index in [1.807, 2.05) is 59.3 Å². The third-order valence-corrected chi connectivity index (χ3v) is 4.57. The monoisotopic (exact) mass is 404 g/mol. The lowest BCUT2D eigenvalue weighted by molar-refractivity contribution is 0.197. The van der Waals surface area contributed by atoms with Gasteiger partial charge in [-0.1, -0.05) is 24.3 Å². The topological polar surface area (TPSA) is 86.1 Å². The number of benzene rings is 2. The molecule has 2 aromatic carbocycles. The summed E-state index contributed by atoms with van der Waals surface area (Å²) in [5.41, 5.74) is 2.52. The van der Waals surface area contributed by atoms with E-state index in [2.05, 4.69) is 20.7 Å². The standard InChI is InChI=1S/C22H24N6O2/c1-29-13-7-12-23-22-26-20(25-16-8-6-11-18(14-16)30-2)19-15-24-28(21(19)27-22)17-9-4-3-5-10-17/h3-6,8-11,14-15H,7,12-13H2,1-2H3,(H2,23,25,26,27). The van der Waals surface area contributed by atoms with Crippen molar-refractivity contribution in [3.8, 4) is 11.4 Å². The number of fused-ring (bicyclic) bond motifs is 1. The Bertz CT molecular complexity index is 1110. The van der Waals surface area contributed by atoms with Crippen molar-refractivity contribution in [1.29, 1.82) is 0 Å². The van der Waals surface area contributed by atoms with Gasteiger partial charge in [0.15, 0.2) is 5.65 Å². The fourth-order valence-electron chi connectivity index (χ4n) is 3.09. The molecule has 0 aliphatic rings. The molecule has 4 rings (SSSR count). The zero-order chi connectivity index (χ0) is 20.8. The lowest BCUT2D eigenvalue weighted by atomic mass is 10.3. The van der Waals surface area contributed by atoms with Crippen LogP contribution in [0.3, 0.4) is 0 Å². The third kappa shape index (κ3) is 4.33. The van der Waals surface area contributed by atoms with Crippen LogP contribution < -0.4 is 15.4 Å². The van der Waals surface area contributed by atoms with E-state index in [1.165, 1.54) is 0 Å². The Kier molecular flexibility index (Phi) is 6.05. The van der Waals surface area contributed by atoms with Gasteiger partial charge in [0.05, 0.1) is 24.4 Å². The predicted molar refractivity (Wildman–Crippen MR) is 118 cm³/mol. The van der Waals surface area contributed by atoms with Gasteiger partial charge in [-0.15, -0.1) is 0 Å². The van der Waals surface area contributed by atoms with Crippen LogP contribution in [0.4, 0.5) is 17.5 Å². The first-order valence-electron chi connectivity index (χ1n) is 9.73. The number of ether oxygens (including phenoxy) is 2. The van der Waals surface area contributed by atoms with Gasteiger partial charge >= 0.3 is 0 Å². The summed E-state index contributed by atoms with van der Waals surface area (Å²) in [6.07, 6.45) is 2.63. The number of hydrogen-bond acceptors (Lipinski definition) is 7. The molecule has 154 valence electrons. The smallest absolute Gasteiger partial charge is 0.226 e. The molecule has 0 fully saturated rings. The van der Waals surface area contributed by atoms with Gasteiger partial charge in [0.1, 0.15) is 11.6 Å². The van der Waals surface area contributed by atoms with Gasteiger partial charge in [0.2, 0.25) is 5.95 Å². The van der Waals surface area contributed by atoms with Gasteiger partial charge in [0.25, 0.3) is 0 Å². The van der Waals surface area contributed by atoms with Crippen LogP contribution in [0, 0.1) is 0 Å². The highest BCUT2D eigenvalue weighted by Crippen LogP contribution is 2.28. The first-order valence-corrected chi connectivity index (χ1v) is 9.73. The number of anilines is 3. The van der Waals surface area contributed by atoms with Gasteiger partial charge < -0.3 is 20.1 Å². The molecule has 30 heavy (non-hydrogen) atoms. The van der Waals surface area contributed by atoms with Crippen LogP contribution in [0.25, 0.3) is 16.7 Å². The van der Waals surface area contributed by atoms with E-state index in [-0.39, 0.29) is 0 Å². The molecular formula is C22H24N6O2. The zero-order valence-corrected chi connectivity index (χ0v) is 17.0. The lowest BCUT2D eigenvalue weighted by Gasteiger charge is -2.11. The van der Waals surface area contributed by atoms with Gasteiger partial charge in [-0.25, -0.2) is 4.68 Å². The van der Waals surface area contributed by atoms with Crippen molar-refractivity contribution in [3.63, 3.8) is 0 Å². The zero-order valence-electron chi connectivity index (χ0n) is 17.0. The van der Waals surface area contributed by atoms with Gasteiger partial charge in [-0.2, -0.15) is 15.1 Å². The fraction of sp³-hybridized carbons (Fsp3) is 0.227. The maximum atomic E-state index is 5.33. The molecule has 0 bridgehead atoms.